The molecule has 0 heterocycles. The third-order valence-corrected chi connectivity index (χ3v) is 7.44. The summed E-state index contributed by atoms with van der Waals surface area (Å²) in [5, 5.41) is 9.29. The van der Waals surface area contributed by atoms with Crippen molar-refractivity contribution in [2.24, 2.45) is 0 Å². The molecule has 0 N–H and O–H groups in total. The van der Waals surface area contributed by atoms with E-state index in [1.54, 1.807) is 0 Å². The predicted molar refractivity (Wildman–Crippen MR) is 183 cm³/mol. The fourth-order valence-corrected chi connectivity index (χ4v) is 5.38. The van der Waals surface area contributed by atoms with Gasteiger partial charge in [-0.25, -0.2) is 0 Å². The lowest BCUT2D eigenvalue weighted by atomic mass is 10.1. The Morgan fingerprint density at radius 1 is 0.273 bits per heavy atom. The van der Waals surface area contributed by atoms with Crippen LogP contribution in [0.2, 0.25) is 0 Å². The summed E-state index contributed by atoms with van der Waals surface area (Å²) in [7, 11) is 0. The predicted octanol–water partition coefficient (Wildman–Crippen LogP) is 11.4. The van der Waals surface area contributed by atoms with E-state index < -0.39 is 0 Å². The Labute approximate surface area is 256 Å². The molecule has 0 atom stereocenters. The number of fused-ring (bicyclic) bond motifs is 4. The molecule has 3 heteroatoms. The van der Waals surface area contributed by atoms with Gasteiger partial charge in [-0.2, -0.15) is 0 Å². The Morgan fingerprint density at radius 2 is 0.477 bits per heavy atom. The summed E-state index contributed by atoms with van der Waals surface area (Å²) < 4.78 is 12.4. The van der Waals surface area contributed by atoms with Crippen LogP contribution in [-0.2, 0) is 4.79 Å². The van der Waals surface area contributed by atoms with E-state index in [1.165, 1.54) is 21.5 Å². The molecule has 0 aliphatic carbocycles. The lowest BCUT2D eigenvalue weighted by molar-refractivity contribution is -0.0980. The highest BCUT2D eigenvalue weighted by atomic mass is 16.5. The molecule has 0 aliphatic rings. The SMILES string of the molecule is C=O.c1ccc2c(Oc3cccc4ccccc34)cccc2c1.c1ccc2c(Oc3cccc4ccccc34)cccc2c1. The van der Waals surface area contributed by atoms with Crippen molar-refractivity contribution in [3.8, 4) is 23.0 Å². The first-order valence-electron chi connectivity index (χ1n) is 14.4. The largest absolute Gasteiger partial charge is 0.456 e. The maximum Gasteiger partial charge on any atom is 0.135 e. The molecule has 0 bridgehead atoms. The third kappa shape index (κ3) is 5.99. The zero-order chi connectivity index (χ0) is 30.1. The summed E-state index contributed by atoms with van der Waals surface area (Å²) >= 11 is 0. The Bertz CT molecular complexity index is 1850. The topological polar surface area (TPSA) is 35.5 Å². The highest BCUT2D eigenvalue weighted by molar-refractivity contribution is 5.92. The summed E-state index contributed by atoms with van der Waals surface area (Å²) in [4.78, 5) is 8.00. The molecule has 0 amide bonds. The van der Waals surface area contributed by atoms with Gasteiger partial charge in [-0.05, 0) is 45.8 Å². The van der Waals surface area contributed by atoms with Gasteiger partial charge in [0.1, 0.15) is 29.8 Å². The van der Waals surface area contributed by atoms with Gasteiger partial charge in [0, 0.05) is 21.5 Å². The van der Waals surface area contributed by atoms with E-state index in [1.807, 2.05) is 104 Å². The van der Waals surface area contributed by atoms with Crippen molar-refractivity contribution in [3.63, 3.8) is 0 Å². The maximum atomic E-state index is 8.00. The van der Waals surface area contributed by atoms with Crippen molar-refractivity contribution in [1.82, 2.24) is 0 Å². The van der Waals surface area contributed by atoms with Crippen molar-refractivity contribution >= 4 is 49.9 Å². The Balaban J connectivity index is 0.000000148. The Hall–Kier alpha value is -5.93. The lowest BCUT2D eigenvalue weighted by Gasteiger charge is -2.11. The van der Waals surface area contributed by atoms with Crippen LogP contribution in [0.1, 0.15) is 0 Å². The average molecular weight is 571 g/mol. The molecule has 8 aromatic carbocycles. The van der Waals surface area contributed by atoms with E-state index in [0.29, 0.717) is 0 Å². The molecular weight excluding hydrogens is 540 g/mol. The second-order valence-corrected chi connectivity index (χ2v) is 10.1. The number of rotatable bonds is 4. The number of ether oxygens (including phenoxy) is 2. The third-order valence-electron chi connectivity index (χ3n) is 7.44. The van der Waals surface area contributed by atoms with Crippen LogP contribution in [0.4, 0.5) is 0 Å². The fourth-order valence-electron chi connectivity index (χ4n) is 5.38. The number of hydrogen-bond acceptors (Lipinski definition) is 3. The van der Waals surface area contributed by atoms with Crippen molar-refractivity contribution in [3.05, 3.63) is 170 Å². The van der Waals surface area contributed by atoms with Crippen LogP contribution in [0.15, 0.2) is 170 Å². The first-order chi connectivity index (χ1) is 21.8. The highest BCUT2D eigenvalue weighted by Gasteiger charge is 2.07. The van der Waals surface area contributed by atoms with Gasteiger partial charge in [0.25, 0.3) is 0 Å². The van der Waals surface area contributed by atoms with Gasteiger partial charge in [-0.15, -0.1) is 0 Å². The first-order valence-corrected chi connectivity index (χ1v) is 14.4. The van der Waals surface area contributed by atoms with Crippen LogP contribution in [-0.4, -0.2) is 6.79 Å². The molecule has 0 saturated carbocycles. The lowest BCUT2D eigenvalue weighted by Crippen LogP contribution is -1.87. The van der Waals surface area contributed by atoms with Crippen molar-refractivity contribution in [2.75, 3.05) is 0 Å². The molecule has 8 aromatic rings. The van der Waals surface area contributed by atoms with Gasteiger partial charge >= 0.3 is 0 Å². The molecule has 0 unspecified atom stereocenters. The van der Waals surface area contributed by atoms with Crippen molar-refractivity contribution < 1.29 is 14.3 Å². The number of carbonyl (C=O) groups excluding carboxylic acids is 1. The van der Waals surface area contributed by atoms with Gasteiger partial charge in [-0.3, -0.25) is 0 Å². The number of hydrogen-bond donors (Lipinski definition) is 0. The van der Waals surface area contributed by atoms with Crippen LogP contribution in [0.5, 0.6) is 23.0 Å². The molecular formula is C41H30O3. The number of carbonyl (C=O) groups is 1. The molecule has 0 aromatic heterocycles. The molecule has 0 radical (unpaired) electrons. The molecule has 0 fully saturated rings. The number of benzene rings is 8. The standard InChI is InChI=1S/2C20H14O.CH2O/c2*1-3-11-17-15(7-1)9-5-13-19(17)21-20-14-6-10-16-8-2-4-12-18(16)20;1-2/h2*1-14H;1H2. The summed E-state index contributed by atoms with van der Waals surface area (Å²) in [5.74, 6) is 3.57. The van der Waals surface area contributed by atoms with Gasteiger partial charge in [-0.1, -0.05) is 146 Å². The maximum absolute atomic E-state index is 8.00. The quantitative estimate of drug-likeness (QED) is 0.211. The molecule has 0 saturated heterocycles. The molecule has 8 rings (SSSR count). The van der Waals surface area contributed by atoms with Crippen molar-refractivity contribution in [2.45, 2.75) is 0 Å². The van der Waals surface area contributed by atoms with E-state index in [4.69, 9.17) is 14.3 Å². The monoisotopic (exact) mass is 570 g/mol. The summed E-state index contributed by atoms with van der Waals surface area (Å²) in [5.41, 5.74) is 0. The first kappa shape index (κ1) is 28.2. The minimum atomic E-state index is 0.893. The molecule has 44 heavy (non-hydrogen) atoms. The smallest absolute Gasteiger partial charge is 0.135 e. The van der Waals surface area contributed by atoms with Gasteiger partial charge < -0.3 is 14.3 Å². The van der Waals surface area contributed by atoms with E-state index in [2.05, 4.69) is 72.8 Å². The van der Waals surface area contributed by atoms with Crippen molar-refractivity contribution in [1.29, 1.82) is 0 Å². The Kier molecular flexibility index (Phi) is 8.57. The van der Waals surface area contributed by atoms with E-state index in [-0.39, 0.29) is 0 Å². The van der Waals surface area contributed by atoms with Crippen LogP contribution >= 0.6 is 0 Å². The van der Waals surface area contributed by atoms with Crippen LogP contribution in [0, 0.1) is 0 Å². The minimum Gasteiger partial charge on any atom is -0.456 e. The normalized spacial score (nSPS) is 10.5. The summed E-state index contributed by atoms with van der Waals surface area (Å²) in [6, 6.07) is 57.7. The van der Waals surface area contributed by atoms with Gasteiger partial charge in [0.2, 0.25) is 0 Å². The van der Waals surface area contributed by atoms with E-state index >= 15 is 0 Å². The second kappa shape index (κ2) is 13.4. The zero-order valence-electron chi connectivity index (χ0n) is 24.1. The van der Waals surface area contributed by atoms with Gasteiger partial charge in [0.05, 0.1) is 0 Å². The van der Waals surface area contributed by atoms with Gasteiger partial charge in [0.15, 0.2) is 0 Å². The summed E-state index contributed by atoms with van der Waals surface area (Å²) in [6.45, 7) is 2.00. The fraction of sp³-hybridized carbons (Fsp3) is 0. The molecule has 212 valence electrons. The zero-order valence-corrected chi connectivity index (χ0v) is 24.1. The van der Waals surface area contributed by atoms with Crippen LogP contribution in [0.3, 0.4) is 0 Å². The summed E-state index contributed by atoms with van der Waals surface area (Å²) in [6.07, 6.45) is 0. The molecule has 3 nitrogen and oxygen atoms in total. The second-order valence-electron chi connectivity index (χ2n) is 10.1. The average Bonchev–Trinajstić information content (AvgIpc) is 3.10. The Morgan fingerprint density at radius 3 is 0.727 bits per heavy atom. The van der Waals surface area contributed by atoms with E-state index in [9.17, 15) is 0 Å². The molecule has 0 aliphatic heterocycles. The van der Waals surface area contributed by atoms with Crippen LogP contribution in [0.25, 0.3) is 43.1 Å². The molecule has 0 spiro atoms. The highest BCUT2D eigenvalue weighted by Crippen LogP contribution is 2.35. The minimum absolute atomic E-state index is 0.893. The van der Waals surface area contributed by atoms with Crippen LogP contribution < -0.4 is 9.47 Å². The van der Waals surface area contributed by atoms with E-state index in [0.717, 1.165) is 44.5 Å².